The summed E-state index contributed by atoms with van der Waals surface area (Å²) in [5.41, 5.74) is 0.955. The van der Waals surface area contributed by atoms with Crippen molar-refractivity contribution >= 4 is 11.8 Å². The first-order chi connectivity index (χ1) is 8.09. The van der Waals surface area contributed by atoms with Gasteiger partial charge in [-0.05, 0) is 5.56 Å². The molecule has 92 valence electrons. The monoisotopic (exact) mass is 234 g/mol. The minimum atomic E-state index is -0.317. The molecule has 1 rings (SSSR count). The predicted octanol–water partition coefficient (Wildman–Crippen LogP) is 2.74. The second-order valence-electron chi connectivity index (χ2n) is 4.27. The van der Waals surface area contributed by atoms with Crippen LogP contribution >= 0.6 is 0 Å². The van der Waals surface area contributed by atoms with Crippen LogP contribution in [0.5, 0.6) is 0 Å². The van der Waals surface area contributed by atoms with E-state index in [0.29, 0.717) is 0 Å². The molecule has 17 heavy (non-hydrogen) atoms. The van der Waals surface area contributed by atoms with Gasteiger partial charge in [-0.3, -0.25) is 9.59 Å². The van der Waals surface area contributed by atoms with E-state index in [9.17, 15) is 9.59 Å². The molecule has 1 aromatic rings. The van der Waals surface area contributed by atoms with Gasteiger partial charge in [0.25, 0.3) is 0 Å². The minimum Gasteiger partial charge on any atom is -0.461 e. The van der Waals surface area contributed by atoms with Gasteiger partial charge in [-0.1, -0.05) is 44.2 Å². The molecule has 0 aliphatic heterocycles. The summed E-state index contributed by atoms with van der Waals surface area (Å²) in [4.78, 5) is 22.7. The lowest BCUT2D eigenvalue weighted by Crippen LogP contribution is -2.11. The summed E-state index contributed by atoms with van der Waals surface area (Å²) in [7, 11) is 0. The molecular formula is C14H18O3. The van der Waals surface area contributed by atoms with E-state index >= 15 is 0 Å². The van der Waals surface area contributed by atoms with Crippen LogP contribution in [0.1, 0.15) is 32.3 Å². The highest BCUT2D eigenvalue weighted by molar-refractivity contribution is 5.84. The van der Waals surface area contributed by atoms with Crippen LogP contribution in [0.25, 0.3) is 0 Å². The van der Waals surface area contributed by atoms with Crippen LogP contribution in [0.15, 0.2) is 30.3 Å². The molecule has 0 fully saturated rings. The fourth-order valence-corrected chi connectivity index (χ4v) is 1.32. The lowest BCUT2D eigenvalue weighted by Gasteiger charge is -2.05. The molecule has 0 aliphatic carbocycles. The molecule has 0 aliphatic rings. The molecule has 0 saturated heterocycles. The van der Waals surface area contributed by atoms with Gasteiger partial charge < -0.3 is 4.74 Å². The number of carbonyl (C=O) groups excluding carboxylic acids is 2. The van der Waals surface area contributed by atoms with Crippen molar-refractivity contribution in [3.05, 3.63) is 35.9 Å². The van der Waals surface area contributed by atoms with Gasteiger partial charge >= 0.3 is 5.97 Å². The van der Waals surface area contributed by atoms with E-state index < -0.39 is 0 Å². The number of benzene rings is 1. The van der Waals surface area contributed by atoms with Crippen molar-refractivity contribution in [2.75, 3.05) is 0 Å². The number of ether oxygens (including phenoxy) is 1. The molecule has 0 unspecified atom stereocenters. The van der Waals surface area contributed by atoms with E-state index in [1.807, 2.05) is 44.2 Å². The highest BCUT2D eigenvalue weighted by Crippen LogP contribution is 2.05. The van der Waals surface area contributed by atoms with Crippen LogP contribution in [-0.2, 0) is 20.9 Å². The van der Waals surface area contributed by atoms with Crippen molar-refractivity contribution < 1.29 is 14.3 Å². The Morgan fingerprint density at radius 1 is 1.12 bits per heavy atom. The van der Waals surface area contributed by atoms with Gasteiger partial charge in [0.1, 0.15) is 12.4 Å². The van der Waals surface area contributed by atoms with Gasteiger partial charge in [0.15, 0.2) is 0 Å². The number of esters is 1. The summed E-state index contributed by atoms with van der Waals surface area (Å²) in [6.45, 7) is 3.94. The van der Waals surface area contributed by atoms with Gasteiger partial charge in [0.2, 0.25) is 0 Å². The summed E-state index contributed by atoms with van der Waals surface area (Å²) in [5, 5.41) is 0. The average Bonchev–Trinajstić information content (AvgIpc) is 2.34. The van der Waals surface area contributed by atoms with Gasteiger partial charge in [-0.25, -0.2) is 0 Å². The van der Waals surface area contributed by atoms with E-state index in [4.69, 9.17) is 4.74 Å². The lowest BCUT2D eigenvalue weighted by atomic mass is 10.1. The maximum absolute atomic E-state index is 11.4. The Morgan fingerprint density at radius 2 is 1.76 bits per heavy atom. The Labute approximate surface area is 102 Å². The molecule has 1 aromatic carbocycles. The van der Waals surface area contributed by atoms with Crippen LogP contribution in [-0.4, -0.2) is 11.8 Å². The second kappa shape index (κ2) is 6.84. The summed E-state index contributed by atoms with van der Waals surface area (Å²) in [5.74, 6) is -0.235. The first kappa shape index (κ1) is 13.4. The molecule has 0 heterocycles. The second-order valence-corrected chi connectivity index (χ2v) is 4.27. The molecule has 0 N–H and O–H groups in total. The van der Waals surface area contributed by atoms with Crippen LogP contribution in [0.2, 0.25) is 0 Å². The van der Waals surface area contributed by atoms with Gasteiger partial charge in [0.05, 0.1) is 6.42 Å². The zero-order valence-corrected chi connectivity index (χ0v) is 10.3. The van der Waals surface area contributed by atoms with Crippen LogP contribution < -0.4 is 0 Å². The summed E-state index contributed by atoms with van der Waals surface area (Å²) >= 11 is 0. The fraction of sp³-hybridized carbons (Fsp3) is 0.429. The first-order valence-electron chi connectivity index (χ1n) is 5.82. The Hall–Kier alpha value is -1.64. The highest BCUT2D eigenvalue weighted by Gasteiger charge is 2.11. The Balaban J connectivity index is 2.24. The van der Waals surface area contributed by atoms with Crippen molar-refractivity contribution in [3.63, 3.8) is 0 Å². The molecule has 3 heteroatoms. The van der Waals surface area contributed by atoms with Crippen LogP contribution in [0.3, 0.4) is 0 Å². The number of rotatable bonds is 6. The van der Waals surface area contributed by atoms with Gasteiger partial charge in [-0.15, -0.1) is 0 Å². The van der Waals surface area contributed by atoms with Gasteiger partial charge in [-0.2, -0.15) is 0 Å². The molecule has 0 aromatic heterocycles. The zero-order valence-electron chi connectivity index (χ0n) is 10.3. The third-order valence-electron chi connectivity index (χ3n) is 2.46. The smallest absolute Gasteiger partial charge is 0.306 e. The third kappa shape index (κ3) is 5.29. The molecule has 0 saturated carbocycles. The fourth-order valence-electron chi connectivity index (χ4n) is 1.32. The number of Topliss-reactive ketones (excluding diaryl/α,β-unsaturated/α-hetero) is 1. The predicted molar refractivity (Wildman–Crippen MR) is 65.3 cm³/mol. The Kier molecular flexibility index (Phi) is 5.40. The maximum Gasteiger partial charge on any atom is 0.306 e. The first-order valence-corrected chi connectivity index (χ1v) is 5.82. The minimum absolute atomic E-state index is 0.0167. The average molecular weight is 234 g/mol. The normalized spacial score (nSPS) is 10.3. The Bertz CT molecular complexity index is 368. The van der Waals surface area contributed by atoms with Crippen molar-refractivity contribution in [1.29, 1.82) is 0 Å². The molecule has 0 atom stereocenters. The van der Waals surface area contributed by atoms with Gasteiger partial charge in [0, 0.05) is 12.3 Å². The van der Waals surface area contributed by atoms with Crippen LogP contribution in [0, 0.1) is 5.92 Å². The Morgan fingerprint density at radius 3 is 2.35 bits per heavy atom. The largest absolute Gasteiger partial charge is 0.461 e. The van der Waals surface area contributed by atoms with Crippen molar-refractivity contribution in [3.8, 4) is 0 Å². The zero-order chi connectivity index (χ0) is 12.7. The highest BCUT2D eigenvalue weighted by atomic mass is 16.5. The molecule has 0 spiro atoms. The summed E-state index contributed by atoms with van der Waals surface area (Å²) in [6.07, 6.45) is 0.440. The standard InChI is InChI=1S/C14H18O3/c1-11(2)13(15)8-9-14(16)17-10-12-6-4-3-5-7-12/h3-7,11H,8-10H2,1-2H3. The number of ketones is 1. The summed E-state index contributed by atoms with van der Waals surface area (Å²) in [6, 6.07) is 9.49. The SMILES string of the molecule is CC(C)C(=O)CCC(=O)OCc1ccccc1. The lowest BCUT2D eigenvalue weighted by molar-refractivity contribution is -0.146. The third-order valence-corrected chi connectivity index (χ3v) is 2.46. The van der Waals surface area contributed by atoms with Crippen molar-refractivity contribution in [1.82, 2.24) is 0 Å². The number of hydrogen-bond acceptors (Lipinski definition) is 3. The molecule has 0 bridgehead atoms. The summed E-state index contributed by atoms with van der Waals surface area (Å²) < 4.78 is 5.07. The van der Waals surface area contributed by atoms with E-state index in [1.165, 1.54) is 0 Å². The van der Waals surface area contributed by atoms with E-state index in [-0.39, 0.29) is 37.1 Å². The van der Waals surface area contributed by atoms with E-state index in [0.717, 1.165) is 5.56 Å². The van der Waals surface area contributed by atoms with Crippen molar-refractivity contribution in [2.24, 2.45) is 5.92 Å². The van der Waals surface area contributed by atoms with E-state index in [2.05, 4.69) is 0 Å². The molecule has 0 amide bonds. The quantitative estimate of drug-likeness (QED) is 0.711. The number of hydrogen-bond donors (Lipinski definition) is 0. The topological polar surface area (TPSA) is 43.4 Å². The van der Waals surface area contributed by atoms with Crippen LogP contribution in [0.4, 0.5) is 0 Å². The molecule has 3 nitrogen and oxygen atoms in total. The van der Waals surface area contributed by atoms with Crippen molar-refractivity contribution in [2.45, 2.75) is 33.3 Å². The number of carbonyl (C=O) groups is 2. The molecule has 0 radical (unpaired) electrons. The van der Waals surface area contributed by atoms with E-state index in [1.54, 1.807) is 0 Å². The molecular weight excluding hydrogens is 216 g/mol. The maximum atomic E-state index is 11.4.